The summed E-state index contributed by atoms with van der Waals surface area (Å²) in [5, 5.41) is 9.22. The summed E-state index contributed by atoms with van der Waals surface area (Å²) in [5.74, 6) is 0.335. The van der Waals surface area contributed by atoms with E-state index in [1.165, 1.54) is 4.90 Å². The second-order valence-electron chi connectivity index (χ2n) is 6.79. The molecule has 1 fully saturated rings. The van der Waals surface area contributed by atoms with Gasteiger partial charge in [-0.2, -0.15) is 0 Å². The highest BCUT2D eigenvalue weighted by atomic mass is 79.9. The van der Waals surface area contributed by atoms with Gasteiger partial charge in [0.15, 0.2) is 11.6 Å². The highest BCUT2D eigenvalue weighted by Gasteiger charge is 2.35. The van der Waals surface area contributed by atoms with Crippen LogP contribution in [0.5, 0.6) is 11.5 Å². The third-order valence-electron chi connectivity index (χ3n) is 4.69. The van der Waals surface area contributed by atoms with Gasteiger partial charge < -0.3 is 24.4 Å². The number of ether oxygens (including phenoxy) is 2. The van der Waals surface area contributed by atoms with E-state index < -0.39 is 11.9 Å². The zero-order valence-corrected chi connectivity index (χ0v) is 16.5. The van der Waals surface area contributed by atoms with Crippen LogP contribution < -0.4 is 9.47 Å². The topological polar surface area (TPSA) is 65.5 Å². The smallest absolute Gasteiger partial charge is 0.407 e. The Morgan fingerprint density at radius 3 is 2.96 bits per heavy atom. The van der Waals surface area contributed by atoms with Crippen LogP contribution in [0, 0.1) is 5.82 Å². The lowest BCUT2D eigenvalue weighted by atomic mass is 10.1. The van der Waals surface area contributed by atoms with Gasteiger partial charge in [-0.25, -0.2) is 9.18 Å². The first-order valence-electron chi connectivity index (χ1n) is 8.50. The molecule has 0 saturated carbocycles. The molecule has 1 atom stereocenters. The Balaban J connectivity index is 1.84. The van der Waals surface area contributed by atoms with E-state index in [4.69, 9.17) is 9.47 Å². The number of carboxylic acid groups (broad SMARTS) is 1. The number of fused-ring (bicyclic) bond motifs is 2. The van der Waals surface area contributed by atoms with E-state index in [9.17, 15) is 14.3 Å². The Morgan fingerprint density at radius 2 is 2.27 bits per heavy atom. The summed E-state index contributed by atoms with van der Waals surface area (Å²) in [6.45, 7) is 3.28. The number of hydrogen-bond donors (Lipinski definition) is 1. The van der Waals surface area contributed by atoms with Crippen molar-refractivity contribution in [2.45, 2.75) is 12.6 Å². The minimum atomic E-state index is -0.937. The van der Waals surface area contributed by atoms with Crippen LogP contribution in [0.3, 0.4) is 0 Å². The number of piperazine rings is 1. The van der Waals surface area contributed by atoms with Crippen molar-refractivity contribution < 1.29 is 23.8 Å². The average molecular weight is 432 g/mol. The monoisotopic (exact) mass is 431 g/mol. The van der Waals surface area contributed by atoms with Crippen LogP contribution in [0.2, 0.25) is 0 Å². The predicted octanol–water partition coefficient (Wildman–Crippen LogP) is 2.09. The van der Waals surface area contributed by atoms with E-state index in [2.05, 4.69) is 20.8 Å². The van der Waals surface area contributed by atoms with E-state index in [0.29, 0.717) is 48.6 Å². The van der Waals surface area contributed by atoms with Crippen LogP contribution in [0.25, 0.3) is 0 Å². The third-order valence-corrected chi connectivity index (χ3v) is 5.27. The SMILES string of the molecule is CN(C)CCOc1cc(Br)c(F)c2c1CN1CCN(C(=O)O)C[C@@H]1CO2. The summed E-state index contributed by atoms with van der Waals surface area (Å²) < 4.78 is 26.6. The fourth-order valence-corrected chi connectivity index (χ4v) is 3.59. The summed E-state index contributed by atoms with van der Waals surface area (Å²) in [5.41, 5.74) is 0.677. The lowest BCUT2D eigenvalue weighted by Crippen LogP contribution is -2.55. The van der Waals surface area contributed by atoms with Crippen molar-refractivity contribution in [1.82, 2.24) is 14.7 Å². The summed E-state index contributed by atoms with van der Waals surface area (Å²) in [7, 11) is 3.92. The number of hydrogen-bond acceptors (Lipinski definition) is 5. The Bertz CT molecular complexity index is 688. The maximum absolute atomic E-state index is 14.6. The van der Waals surface area contributed by atoms with E-state index >= 15 is 0 Å². The van der Waals surface area contributed by atoms with Crippen LogP contribution in [0.1, 0.15) is 5.56 Å². The molecule has 0 bridgehead atoms. The van der Waals surface area contributed by atoms with Crippen molar-refractivity contribution in [3.8, 4) is 11.5 Å². The van der Waals surface area contributed by atoms with E-state index in [1.807, 2.05) is 19.0 Å². The molecule has 7 nitrogen and oxygen atoms in total. The lowest BCUT2D eigenvalue weighted by molar-refractivity contribution is 0.0497. The van der Waals surface area contributed by atoms with Crippen LogP contribution in [-0.4, -0.2) is 85.4 Å². The van der Waals surface area contributed by atoms with Gasteiger partial charge in [0.25, 0.3) is 0 Å². The third kappa shape index (κ3) is 4.05. The number of likely N-dealkylation sites (N-methyl/N-ethyl adjacent to an activating group) is 1. The number of carbonyl (C=O) groups is 1. The van der Waals surface area contributed by atoms with Crippen molar-refractivity contribution in [1.29, 1.82) is 0 Å². The normalized spacial score (nSPS) is 20.2. The van der Waals surface area contributed by atoms with Crippen molar-refractivity contribution in [2.24, 2.45) is 0 Å². The number of benzene rings is 1. The molecule has 2 aliphatic heterocycles. The summed E-state index contributed by atoms with van der Waals surface area (Å²) in [6.07, 6.45) is -0.937. The summed E-state index contributed by atoms with van der Waals surface area (Å²) in [4.78, 5) is 16.8. The molecule has 1 saturated heterocycles. The fourth-order valence-electron chi connectivity index (χ4n) is 3.20. The van der Waals surface area contributed by atoms with Gasteiger partial charge in [0.05, 0.1) is 16.1 Å². The number of nitrogens with zero attached hydrogens (tertiary/aromatic N) is 3. The predicted molar refractivity (Wildman–Crippen MR) is 97.4 cm³/mol. The van der Waals surface area contributed by atoms with Crippen molar-refractivity contribution >= 4 is 22.0 Å². The fraction of sp³-hybridized carbons (Fsp3) is 0.588. The average Bonchev–Trinajstić information content (AvgIpc) is 2.78. The van der Waals surface area contributed by atoms with Gasteiger partial charge in [0, 0.05) is 32.7 Å². The van der Waals surface area contributed by atoms with Crippen LogP contribution >= 0.6 is 15.9 Å². The molecule has 2 aliphatic rings. The first-order valence-corrected chi connectivity index (χ1v) is 9.29. The van der Waals surface area contributed by atoms with Gasteiger partial charge in [0.1, 0.15) is 19.0 Å². The molecule has 1 amide bonds. The molecular weight excluding hydrogens is 409 g/mol. The Labute approximate surface area is 160 Å². The standard InChI is InChI=1S/C17H23BrFN3O4/c1-20(2)5-6-25-14-7-13(18)15(19)16-12(14)9-21-3-4-22(17(23)24)8-11(21)10-26-16/h7,11H,3-6,8-10H2,1-2H3,(H,23,24)/t11-/m1/s1. The number of amides is 1. The second-order valence-corrected chi connectivity index (χ2v) is 7.65. The highest BCUT2D eigenvalue weighted by molar-refractivity contribution is 9.10. The molecule has 0 spiro atoms. The van der Waals surface area contributed by atoms with Gasteiger partial charge in [-0.3, -0.25) is 4.90 Å². The number of rotatable bonds is 4. The molecule has 0 unspecified atom stereocenters. The van der Waals surface area contributed by atoms with Crippen LogP contribution in [0.15, 0.2) is 10.5 Å². The Hall–Kier alpha value is -1.58. The molecule has 144 valence electrons. The molecule has 9 heteroatoms. The van der Waals surface area contributed by atoms with E-state index in [1.54, 1.807) is 6.07 Å². The molecule has 2 heterocycles. The zero-order valence-electron chi connectivity index (χ0n) is 14.9. The zero-order chi connectivity index (χ0) is 18.8. The molecule has 3 rings (SSSR count). The molecular formula is C17H23BrFN3O4. The van der Waals surface area contributed by atoms with Gasteiger partial charge in [0.2, 0.25) is 0 Å². The molecule has 1 N–H and O–H groups in total. The summed E-state index contributed by atoms with van der Waals surface area (Å²) >= 11 is 3.23. The van der Waals surface area contributed by atoms with E-state index in [0.717, 1.165) is 6.54 Å². The highest BCUT2D eigenvalue weighted by Crippen LogP contribution is 2.39. The quantitative estimate of drug-likeness (QED) is 0.787. The minimum Gasteiger partial charge on any atom is -0.492 e. The second kappa shape index (κ2) is 7.98. The molecule has 0 aliphatic carbocycles. The molecule has 1 aromatic rings. The van der Waals surface area contributed by atoms with Crippen molar-refractivity contribution in [2.75, 3.05) is 53.5 Å². The first kappa shape index (κ1) is 19.2. The molecule has 26 heavy (non-hydrogen) atoms. The largest absolute Gasteiger partial charge is 0.492 e. The Morgan fingerprint density at radius 1 is 1.50 bits per heavy atom. The van der Waals surface area contributed by atoms with Crippen molar-refractivity contribution in [3.63, 3.8) is 0 Å². The molecule has 1 aromatic carbocycles. The van der Waals surface area contributed by atoms with E-state index in [-0.39, 0.29) is 18.4 Å². The van der Waals surface area contributed by atoms with Gasteiger partial charge in [-0.15, -0.1) is 0 Å². The minimum absolute atomic E-state index is 0.111. The van der Waals surface area contributed by atoms with Gasteiger partial charge in [-0.05, 0) is 36.1 Å². The van der Waals surface area contributed by atoms with Crippen LogP contribution in [0.4, 0.5) is 9.18 Å². The maximum Gasteiger partial charge on any atom is 0.407 e. The summed E-state index contributed by atoms with van der Waals surface area (Å²) in [6, 6.07) is 1.53. The van der Waals surface area contributed by atoms with Gasteiger partial charge >= 0.3 is 6.09 Å². The Kier molecular flexibility index (Phi) is 5.89. The van der Waals surface area contributed by atoms with Gasteiger partial charge in [-0.1, -0.05) is 0 Å². The molecule has 0 radical (unpaired) electrons. The maximum atomic E-state index is 14.6. The molecule has 0 aromatic heterocycles. The first-order chi connectivity index (χ1) is 12.4. The van der Waals surface area contributed by atoms with Crippen molar-refractivity contribution in [3.05, 3.63) is 21.9 Å². The lowest BCUT2D eigenvalue weighted by Gasteiger charge is -2.38. The number of halogens is 2. The van der Waals surface area contributed by atoms with Crippen LogP contribution in [-0.2, 0) is 6.54 Å².